The molecule has 0 bridgehead atoms. The van der Waals surface area contributed by atoms with Crippen LogP contribution in [0.15, 0.2) is 47.4 Å². The van der Waals surface area contributed by atoms with Gasteiger partial charge in [0.25, 0.3) is 5.91 Å². The van der Waals surface area contributed by atoms with Gasteiger partial charge in [-0.1, -0.05) is 26.0 Å². The van der Waals surface area contributed by atoms with Crippen molar-refractivity contribution in [3.63, 3.8) is 0 Å². The fourth-order valence-corrected chi connectivity index (χ4v) is 4.39. The Bertz CT molecular complexity index is 1120. The second-order valence-corrected chi connectivity index (χ2v) is 9.57. The molecule has 0 aromatic heterocycles. The molecule has 2 rings (SSSR count). The molecular weight excluding hydrogens is 433 g/mol. The van der Waals surface area contributed by atoms with E-state index < -0.39 is 44.4 Å². The van der Waals surface area contributed by atoms with E-state index in [1.807, 2.05) is 13.8 Å². The molecule has 0 radical (unpaired) electrons. The molecule has 1 amide bonds. The molecule has 31 heavy (non-hydrogen) atoms. The second kappa shape index (κ2) is 8.69. The SMILES string of the molecule is CC(C)c1ccc(S(=O)(=O)CC(C)(O)C(=O)Nc2ccc(C#N)c(C(F)(F)F)c2)cc1. The largest absolute Gasteiger partial charge is 0.417 e. The number of hydrogen-bond donors (Lipinski definition) is 2. The summed E-state index contributed by atoms with van der Waals surface area (Å²) in [5.74, 6) is -2.00. The van der Waals surface area contributed by atoms with E-state index in [0.29, 0.717) is 6.07 Å². The van der Waals surface area contributed by atoms with Crippen molar-refractivity contribution in [2.24, 2.45) is 0 Å². The molecule has 6 nitrogen and oxygen atoms in total. The molecule has 0 saturated heterocycles. The molecule has 0 saturated carbocycles. The summed E-state index contributed by atoms with van der Waals surface area (Å²) in [5.41, 5.74) is -3.75. The maximum atomic E-state index is 13.1. The fourth-order valence-electron chi connectivity index (χ4n) is 2.80. The summed E-state index contributed by atoms with van der Waals surface area (Å²) < 4.78 is 64.5. The summed E-state index contributed by atoms with van der Waals surface area (Å²) in [5, 5.41) is 21.4. The minimum absolute atomic E-state index is 0.0947. The van der Waals surface area contributed by atoms with Gasteiger partial charge in [-0.3, -0.25) is 4.79 Å². The lowest BCUT2D eigenvalue weighted by molar-refractivity contribution is -0.137. The number of carbonyl (C=O) groups excluding carboxylic acids is 1. The van der Waals surface area contributed by atoms with Crippen LogP contribution in [0.5, 0.6) is 0 Å². The van der Waals surface area contributed by atoms with E-state index >= 15 is 0 Å². The predicted octanol–water partition coefficient (Wildman–Crippen LogP) is 3.86. The zero-order valence-electron chi connectivity index (χ0n) is 17.0. The first-order chi connectivity index (χ1) is 14.2. The van der Waals surface area contributed by atoms with Crippen LogP contribution in [0.2, 0.25) is 0 Å². The Kier molecular flexibility index (Phi) is 6.83. The molecule has 0 heterocycles. The lowest BCUT2D eigenvalue weighted by Crippen LogP contribution is -2.45. The van der Waals surface area contributed by atoms with Crippen LogP contribution in [-0.2, 0) is 20.8 Å². The van der Waals surface area contributed by atoms with E-state index in [9.17, 15) is 31.5 Å². The van der Waals surface area contributed by atoms with Crippen molar-refractivity contribution in [1.82, 2.24) is 0 Å². The van der Waals surface area contributed by atoms with Gasteiger partial charge in [-0.15, -0.1) is 0 Å². The lowest BCUT2D eigenvalue weighted by Gasteiger charge is -2.22. The lowest BCUT2D eigenvalue weighted by atomic mass is 10.0. The molecule has 0 aliphatic rings. The summed E-state index contributed by atoms with van der Waals surface area (Å²) in [6.07, 6.45) is -4.83. The van der Waals surface area contributed by atoms with E-state index in [4.69, 9.17) is 5.26 Å². The van der Waals surface area contributed by atoms with Gasteiger partial charge in [0.2, 0.25) is 0 Å². The van der Waals surface area contributed by atoms with Gasteiger partial charge >= 0.3 is 6.18 Å². The summed E-state index contributed by atoms with van der Waals surface area (Å²) in [6, 6.07) is 9.88. The molecule has 2 aromatic rings. The van der Waals surface area contributed by atoms with Crippen molar-refractivity contribution in [3.8, 4) is 6.07 Å². The molecule has 1 atom stereocenters. The number of anilines is 1. The molecule has 2 N–H and O–H groups in total. The number of aliphatic hydroxyl groups is 1. The third-order valence-corrected chi connectivity index (χ3v) is 6.50. The predicted molar refractivity (Wildman–Crippen MR) is 108 cm³/mol. The highest BCUT2D eigenvalue weighted by atomic mass is 32.2. The van der Waals surface area contributed by atoms with Crippen LogP contribution in [0.3, 0.4) is 0 Å². The van der Waals surface area contributed by atoms with Gasteiger partial charge < -0.3 is 10.4 Å². The topological polar surface area (TPSA) is 107 Å². The van der Waals surface area contributed by atoms with E-state index in [1.54, 1.807) is 12.1 Å². The minimum Gasteiger partial charge on any atom is -0.379 e. The highest BCUT2D eigenvalue weighted by Crippen LogP contribution is 2.33. The van der Waals surface area contributed by atoms with Crippen molar-refractivity contribution in [2.45, 2.75) is 43.4 Å². The summed E-state index contributed by atoms with van der Waals surface area (Å²) in [7, 11) is -4.07. The Morgan fingerprint density at radius 2 is 1.74 bits per heavy atom. The monoisotopic (exact) mass is 454 g/mol. The zero-order valence-corrected chi connectivity index (χ0v) is 17.8. The van der Waals surface area contributed by atoms with Crippen LogP contribution < -0.4 is 5.32 Å². The Hall–Kier alpha value is -2.90. The quantitative estimate of drug-likeness (QED) is 0.689. The number of alkyl halides is 3. The third kappa shape index (κ3) is 5.83. The fraction of sp³-hybridized carbons (Fsp3) is 0.333. The first kappa shape index (κ1) is 24.4. The third-order valence-electron chi connectivity index (χ3n) is 4.57. The highest BCUT2D eigenvalue weighted by molar-refractivity contribution is 7.91. The van der Waals surface area contributed by atoms with Crippen LogP contribution in [0.4, 0.5) is 18.9 Å². The van der Waals surface area contributed by atoms with Gasteiger partial charge in [0.15, 0.2) is 15.4 Å². The van der Waals surface area contributed by atoms with Crippen molar-refractivity contribution >= 4 is 21.4 Å². The van der Waals surface area contributed by atoms with Crippen molar-refractivity contribution in [2.75, 3.05) is 11.1 Å². The molecular formula is C21H21F3N2O4S. The molecule has 166 valence electrons. The van der Waals surface area contributed by atoms with Gasteiger partial charge in [-0.05, 0) is 48.7 Å². The maximum Gasteiger partial charge on any atom is 0.417 e. The van der Waals surface area contributed by atoms with Gasteiger partial charge in [0.05, 0.1) is 27.8 Å². The first-order valence-electron chi connectivity index (χ1n) is 9.15. The Morgan fingerprint density at radius 1 is 1.16 bits per heavy atom. The zero-order chi connectivity index (χ0) is 23.6. The Labute approximate surface area is 178 Å². The van der Waals surface area contributed by atoms with E-state index in [-0.39, 0.29) is 16.5 Å². The van der Waals surface area contributed by atoms with Crippen molar-refractivity contribution < 1.29 is 31.5 Å². The number of hydrogen-bond acceptors (Lipinski definition) is 5. The molecule has 0 aliphatic heterocycles. The summed E-state index contributed by atoms with van der Waals surface area (Å²) in [4.78, 5) is 12.3. The number of sulfone groups is 1. The number of nitrogens with zero attached hydrogens (tertiary/aromatic N) is 1. The Balaban J connectivity index is 2.24. The second-order valence-electron chi connectivity index (χ2n) is 7.58. The van der Waals surface area contributed by atoms with Crippen molar-refractivity contribution in [1.29, 1.82) is 5.26 Å². The van der Waals surface area contributed by atoms with E-state index in [1.165, 1.54) is 18.2 Å². The molecule has 10 heteroatoms. The average molecular weight is 454 g/mol. The number of nitrogens with one attached hydrogen (secondary N) is 1. The number of benzene rings is 2. The van der Waals surface area contributed by atoms with Gasteiger partial charge in [-0.2, -0.15) is 18.4 Å². The number of carbonyl (C=O) groups is 1. The van der Waals surface area contributed by atoms with Crippen LogP contribution in [-0.4, -0.2) is 30.8 Å². The minimum atomic E-state index is -4.83. The number of amides is 1. The highest BCUT2D eigenvalue weighted by Gasteiger charge is 2.38. The van der Waals surface area contributed by atoms with Crippen LogP contribution in [0.1, 0.15) is 43.4 Å². The maximum absolute atomic E-state index is 13.1. The summed E-state index contributed by atoms with van der Waals surface area (Å²) in [6.45, 7) is 4.83. The smallest absolute Gasteiger partial charge is 0.379 e. The van der Waals surface area contributed by atoms with Gasteiger partial charge in [-0.25, -0.2) is 8.42 Å². The van der Waals surface area contributed by atoms with Gasteiger partial charge in [0, 0.05) is 5.69 Å². The van der Waals surface area contributed by atoms with Gasteiger partial charge in [0.1, 0.15) is 0 Å². The average Bonchev–Trinajstić information content (AvgIpc) is 2.66. The summed E-state index contributed by atoms with van der Waals surface area (Å²) >= 11 is 0. The number of nitriles is 1. The van der Waals surface area contributed by atoms with E-state index in [2.05, 4.69) is 5.32 Å². The molecule has 2 aromatic carbocycles. The van der Waals surface area contributed by atoms with Crippen LogP contribution in [0, 0.1) is 11.3 Å². The van der Waals surface area contributed by atoms with Crippen molar-refractivity contribution in [3.05, 3.63) is 59.2 Å². The first-order valence-corrected chi connectivity index (χ1v) is 10.8. The van der Waals surface area contributed by atoms with Crippen LogP contribution in [0.25, 0.3) is 0 Å². The molecule has 0 aliphatic carbocycles. The molecule has 0 fully saturated rings. The molecule has 0 spiro atoms. The normalized spacial score (nSPS) is 14.0. The Morgan fingerprint density at radius 3 is 2.23 bits per heavy atom. The van der Waals surface area contributed by atoms with E-state index in [0.717, 1.165) is 24.6 Å². The number of halogens is 3. The molecule has 1 unspecified atom stereocenters. The standard InChI is InChI=1S/C21H21F3N2O4S/c1-13(2)14-5-8-17(9-6-14)31(29,30)12-20(3,28)19(27)26-16-7-4-15(11-25)18(10-16)21(22,23)24/h4-10,13,28H,12H2,1-3H3,(H,26,27). The van der Waals surface area contributed by atoms with Crippen LogP contribution >= 0.6 is 0 Å². The number of rotatable bonds is 6.